The molecule has 0 aromatic heterocycles. The molecule has 0 saturated carbocycles. The Morgan fingerprint density at radius 2 is 1.50 bits per heavy atom. The van der Waals surface area contributed by atoms with E-state index in [-0.39, 0.29) is 0 Å². The van der Waals surface area contributed by atoms with Gasteiger partial charge in [0.25, 0.3) is 0 Å². The summed E-state index contributed by atoms with van der Waals surface area (Å²) in [5, 5.41) is 9.44. The summed E-state index contributed by atoms with van der Waals surface area (Å²) in [7, 11) is 0. The predicted molar refractivity (Wildman–Crippen MR) is 95.5 cm³/mol. The summed E-state index contributed by atoms with van der Waals surface area (Å²) in [6.45, 7) is 2.24. The summed E-state index contributed by atoms with van der Waals surface area (Å²) in [5.74, 6) is -0.134. The smallest absolute Gasteiger partial charge is 0.333 e. The van der Waals surface area contributed by atoms with Crippen LogP contribution in [-0.2, 0) is 14.3 Å². The van der Waals surface area contributed by atoms with Crippen LogP contribution in [0.15, 0.2) is 11.6 Å². The van der Waals surface area contributed by atoms with Crippen molar-refractivity contribution >= 4 is 11.8 Å². The standard InChI is InChI=1S/C20H34O4/c1-2-3-4-5-6-7-8-9-10-14-18(21)15-12-11-13-17-16-19(22)24-20(17)23/h16,20,23H,2-15H2,1H3. The highest BCUT2D eigenvalue weighted by Gasteiger charge is 2.22. The molecule has 0 bridgehead atoms. The Morgan fingerprint density at radius 1 is 0.958 bits per heavy atom. The quantitative estimate of drug-likeness (QED) is 0.343. The lowest BCUT2D eigenvalue weighted by Gasteiger charge is -2.07. The van der Waals surface area contributed by atoms with Crippen molar-refractivity contribution in [2.75, 3.05) is 0 Å². The minimum absolute atomic E-state index is 0.339. The Morgan fingerprint density at radius 3 is 2.04 bits per heavy atom. The van der Waals surface area contributed by atoms with Crippen LogP contribution >= 0.6 is 0 Å². The summed E-state index contributed by atoms with van der Waals surface area (Å²) < 4.78 is 4.62. The van der Waals surface area contributed by atoms with Gasteiger partial charge in [0.15, 0.2) is 0 Å². The van der Waals surface area contributed by atoms with Gasteiger partial charge >= 0.3 is 5.97 Å². The number of carbonyl (C=O) groups is 2. The van der Waals surface area contributed by atoms with Crippen molar-refractivity contribution in [3.05, 3.63) is 11.6 Å². The van der Waals surface area contributed by atoms with Gasteiger partial charge in [-0.15, -0.1) is 0 Å². The summed E-state index contributed by atoms with van der Waals surface area (Å²) in [6, 6.07) is 0. The molecule has 1 aliphatic heterocycles. The molecule has 1 aliphatic rings. The van der Waals surface area contributed by atoms with Gasteiger partial charge in [-0.2, -0.15) is 0 Å². The maximum Gasteiger partial charge on any atom is 0.333 e. The molecule has 24 heavy (non-hydrogen) atoms. The lowest BCUT2D eigenvalue weighted by molar-refractivity contribution is -0.151. The van der Waals surface area contributed by atoms with Gasteiger partial charge in [0, 0.05) is 24.5 Å². The number of cyclic esters (lactones) is 1. The Bertz CT molecular complexity index is 400. The topological polar surface area (TPSA) is 63.6 Å². The Balaban J connectivity index is 1.88. The number of ketones is 1. The van der Waals surface area contributed by atoms with Crippen LogP contribution in [0.5, 0.6) is 0 Å². The lowest BCUT2D eigenvalue weighted by atomic mass is 10.0. The number of unbranched alkanes of at least 4 members (excludes halogenated alkanes) is 9. The molecule has 0 fully saturated rings. The first-order chi connectivity index (χ1) is 11.6. The number of Topliss-reactive ketones (excluding diaryl/α,β-unsaturated/α-hetero) is 1. The van der Waals surface area contributed by atoms with Gasteiger partial charge in [-0.25, -0.2) is 4.79 Å². The van der Waals surface area contributed by atoms with Crippen LogP contribution in [0, 0.1) is 0 Å². The first kappa shape index (κ1) is 20.9. The van der Waals surface area contributed by atoms with Crippen molar-refractivity contribution in [3.63, 3.8) is 0 Å². The highest BCUT2D eigenvalue weighted by Crippen LogP contribution is 2.20. The summed E-state index contributed by atoms with van der Waals surface area (Å²) in [6.07, 6.45) is 15.3. The number of ether oxygens (including phenoxy) is 1. The molecule has 0 spiro atoms. The van der Waals surface area contributed by atoms with Crippen LogP contribution in [0.1, 0.15) is 96.8 Å². The molecular weight excluding hydrogens is 304 g/mol. The van der Waals surface area contributed by atoms with E-state index in [2.05, 4.69) is 11.7 Å². The number of carbonyl (C=O) groups excluding carboxylic acids is 2. The first-order valence-electron chi connectivity index (χ1n) is 9.74. The number of rotatable bonds is 15. The zero-order valence-corrected chi connectivity index (χ0v) is 15.2. The third-order valence-electron chi connectivity index (χ3n) is 4.58. The SMILES string of the molecule is CCCCCCCCCCCC(=O)CCCCC1=CC(=O)OC1O. The lowest BCUT2D eigenvalue weighted by Crippen LogP contribution is -2.10. The maximum atomic E-state index is 11.8. The number of aliphatic hydroxyl groups is 1. The van der Waals surface area contributed by atoms with Crippen LogP contribution in [-0.4, -0.2) is 23.1 Å². The Hall–Kier alpha value is -1.16. The monoisotopic (exact) mass is 338 g/mol. The number of aliphatic hydroxyl groups excluding tert-OH is 1. The third kappa shape index (κ3) is 9.86. The van der Waals surface area contributed by atoms with Crippen molar-refractivity contribution in [2.24, 2.45) is 0 Å². The van der Waals surface area contributed by atoms with Crippen LogP contribution in [0.4, 0.5) is 0 Å². The second-order valence-corrected chi connectivity index (χ2v) is 6.83. The van der Waals surface area contributed by atoms with Gasteiger partial charge in [0.2, 0.25) is 6.29 Å². The van der Waals surface area contributed by atoms with E-state index >= 15 is 0 Å². The average molecular weight is 338 g/mol. The summed E-state index contributed by atoms with van der Waals surface area (Å²) in [5.41, 5.74) is 0.631. The van der Waals surface area contributed by atoms with Gasteiger partial charge < -0.3 is 9.84 Å². The van der Waals surface area contributed by atoms with Crippen molar-refractivity contribution in [1.29, 1.82) is 0 Å². The minimum Gasteiger partial charge on any atom is -0.429 e. The van der Waals surface area contributed by atoms with Crippen molar-refractivity contribution in [2.45, 2.75) is 103 Å². The van der Waals surface area contributed by atoms with Crippen molar-refractivity contribution in [3.8, 4) is 0 Å². The van der Waals surface area contributed by atoms with Crippen molar-refractivity contribution < 1.29 is 19.4 Å². The number of hydrogen-bond donors (Lipinski definition) is 1. The second-order valence-electron chi connectivity index (χ2n) is 6.83. The molecule has 0 radical (unpaired) electrons. The molecule has 0 aromatic rings. The molecule has 0 aliphatic carbocycles. The van der Waals surface area contributed by atoms with Gasteiger partial charge in [-0.1, -0.05) is 58.3 Å². The normalized spacial score (nSPS) is 17.0. The minimum atomic E-state index is -1.07. The fraction of sp³-hybridized carbons (Fsp3) is 0.800. The zero-order valence-electron chi connectivity index (χ0n) is 15.2. The van der Waals surface area contributed by atoms with E-state index in [0.29, 0.717) is 30.6 Å². The van der Waals surface area contributed by atoms with Gasteiger partial charge in [0.05, 0.1) is 0 Å². The highest BCUT2D eigenvalue weighted by atomic mass is 16.6. The van der Waals surface area contributed by atoms with Crippen molar-refractivity contribution in [1.82, 2.24) is 0 Å². The maximum absolute atomic E-state index is 11.8. The van der Waals surface area contributed by atoms with Crippen LogP contribution in [0.2, 0.25) is 0 Å². The summed E-state index contributed by atoms with van der Waals surface area (Å²) in [4.78, 5) is 22.8. The van der Waals surface area contributed by atoms with E-state index in [1.54, 1.807) is 0 Å². The molecule has 0 amide bonds. The molecule has 0 aromatic carbocycles. The van der Waals surface area contributed by atoms with Gasteiger partial charge in [-0.3, -0.25) is 4.79 Å². The number of esters is 1. The Kier molecular flexibility index (Phi) is 11.5. The van der Waals surface area contributed by atoms with E-state index in [1.165, 1.54) is 51.0 Å². The molecule has 4 heteroatoms. The first-order valence-corrected chi connectivity index (χ1v) is 9.74. The Labute approximate surface area is 146 Å². The highest BCUT2D eigenvalue weighted by molar-refractivity contribution is 5.85. The fourth-order valence-electron chi connectivity index (χ4n) is 3.05. The van der Waals surface area contributed by atoms with Crippen LogP contribution < -0.4 is 0 Å². The molecular formula is C20H34O4. The molecule has 1 atom stereocenters. The molecule has 0 saturated heterocycles. The molecule has 1 rings (SSSR count). The fourth-order valence-corrected chi connectivity index (χ4v) is 3.05. The molecule has 138 valence electrons. The van der Waals surface area contributed by atoms with Crippen LogP contribution in [0.25, 0.3) is 0 Å². The third-order valence-corrected chi connectivity index (χ3v) is 4.58. The van der Waals surface area contributed by atoms with Gasteiger partial charge in [0.1, 0.15) is 5.78 Å². The molecule has 1 heterocycles. The largest absolute Gasteiger partial charge is 0.429 e. The van der Waals surface area contributed by atoms with Gasteiger partial charge in [-0.05, 0) is 25.7 Å². The molecule has 1 N–H and O–H groups in total. The average Bonchev–Trinajstić information content (AvgIpc) is 2.87. The number of hydrogen-bond acceptors (Lipinski definition) is 4. The summed E-state index contributed by atoms with van der Waals surface area (Å²) >= 11 is 0. The van der Waals surface area contributed by atoms with E-state index in [9.17, 15) is 14.7 Å². The van der Waals surface area contributed by atoms with E-state index in [1.807, 2.05) is 0 Å². The van der Waals surface area contributed by atoms with E-state index < -0.39 is 12.3 Å². The zero-order chi connectivity index (χ0) is 17.6. The van der Waals surface area contributed by atoms with E-state index in [0.717, 1.165) is 25.7 Å². The predicted octanol–water partition coefficient (Wildman–Crippen LogP) is 4.84. The molecule has 4 nitrogen and oxygen atoms in total. The molecule has 1 unspecified atom stereocenters. The van der Waals surface area contributed by atoms with Crippen LogP contribution in [0.3, 0.4) is 0 Å². The van der Waals surface area contributed by atoms with E-state index in [4.69, 9.17) is 0 Å². The second kappa shape index (κ2) is 13.2.